The normalized spacial score (nSPS) is 17.2. The fourth-order valence-electron chi connectivity index (χ4n) is 2.13. The number of hydrogen-bond donors (Lipinski definition) is 0. The molecule has 0 atom stereocenters. The molecule has 0 aliphatic carbocycles. The minimum absolute atomic E-state index is 0.422. The summed E-state index contributed by atoms with van der Waals surface area (Å²) < 4.78 is 0. The number of hydrogen-bond acceptors (Lipinski definition) is 5. The molecule has 0 N–H and O–H groups in total. The molecule has 2 rings (SSSR count). The fourth-order valence-corrected chi connectivity index (χ4v) is 2.28. The van der Waals surface area contributed by atoms with Gasteiger partial charge in [-0.3, -0.25) is 4.90 Å². The van der Waals surface area contributed by atoms with Crippen LogP contribution < -0.4 is 4.90 Å². The van der Waals surface area contributed by atoms with Crippen molar-refractivity contribution in [3.63, 3.8) is 0 Å². The van der Waals surface area contributed by atoms with Crippen LogP contribution in [0.1, 0.15) is 5.69 Å². The van der Waals surface area contributed by atoms with E-state index >= 15 is 0 Å². The van der Waals surface area contributed by atoms with Crippen molar-refractivity contribution in [2.45, 2.75) is 5.88 Å². The molecule has 6 heteroatoms. The zero-order valence-corrected chi connectivity index (χ0v) is 12.5. The molecule has 0 aromatic carbocycles. The van der Waals surface area contributed by atoms with Crippen molar-refractivity contribution in [3.05, 3.63) is 17.8 Å². The summed E-state index contributed by atoms with van der Waals surface area (Å²) in [7, 11) is 4.23. The number of halogens is 1. The van der Waals surface area contributed by atoms with Gasteiger partial charge < -0.3 is 9.80 Å². The van der Waals surface area contributed by atoms with E-state index in [1.54, 1.807) is 0 Å². The lowest BCUT2D eigenvalue weighted by Gasteiger charge is -2.35. The first kappa shape index (κ1) is 14.5. The van der Waals surface area contributed by atoms with Gasteiger partial charge in [-0.15, -0.1) is 16.7 Å². The molecular weight excluding hydrogens is 262 g/mol. The van der Waals surface area contributed by atoms with E-state index in [4.69, 9.17) is 11.6 Å². The molecule has 2 heterocycles. The van der Waals surface area contributed by atoms with Crippen molar-refractivity contribution >= 4 is 17.4 Å². The van der Waals surface area contributed by atoms with Crippen LogP contribution in [0, 0.1) is 0 Å². The second kappa shape index (κ2) is 7.03. The summed E-state index contributed by atoms with van der Waals surface area (Å²) in [6, 6.07) is 3.97. The maximum Gasteiger partial charge on any atom is 0.151 e. The Labute approximate surface area is 120 Å². The maximum absolute atomic E-state index is 5.72. The van der Waals surface area contributed by atoms with Crippen LogP contribution in [0.4, 0.5) is 5.82 Å². The molecule has 1 aliphatic rings. The maximum atomic E-state index is 5.72. The van der Waals surface area contributed by atoms with E-state index in [1.165, 1.54) is 0 Å². The van der Waals surface area contributed by atoms with Gasteiger partial charge in [0.2, 0.25) is 0 Å². The quantitative estimate of drug-likeness (QED) is 0.751. The van der Waals surface area contributed by atoms with E-state index in [2.05, 4.69) is 39.0 Å². The Morgan fingerprint density at radius 2 is 1.89 bits per heavy atom. The van der Waals surface area contributed by atoms with Crippen molar-refractivity contribution in [1.82, 2.24) is 20.0 Å². The summed E-state index contributed by atoms with van der Waals surface area (Å²) in [5.74, 6) is 1.38. The summed E-state index contributed by atoms with van der Waals surface area (Å²) in [4.78, 5) is 7.01. The molecule has 0 saturated carbocycles. The second-order valence-corrected chi connectivity index (χ2v) is 5.42. The Balaban J connectivity index is 1.81. The van der Waals surface area contributed by atoms with Gasteiger partial charge >= 0.3 is 0 Å². The van der Waals surface area contributed by atoms with E-state index in [-0.39, 0.29) is 0 Å². The summed E-state index contributed by atoms with van der Waals surface area (Å²) in [6.07, 6.45) is 0. The van der Waals surface area contributed by atoms with Crippen molar-refractivity contribution < 1.29 is 0 Å². The van der Waals surface area contributed by atoms with Crippen LogP contribution in [0.2, 0.25) is 0 Å². The minimum Gasteiger partial charge on any atom is -0.353 e. The molecule has 1 saturated heterocycles. The molecule has 0 amide bonds. The highest BCUT2D eigenvalue weighted by atomic mass is 35.5. The molecule has 0 spiro atoms. The Kier molecular flexibility index (Phi) is 5.36. The molecule has 1 aromatic heterocycles. The highest BCUT2D eigenvalue weighted by Crippen LogP contribution is 2.13. The Bertz CT molecular complexity index is 373. The molecule has 19 heavy (non-hydrogen) atoms. The summed E-state index contributed by atoms with van der Waals surface area (Å²) in [5.41, 5.74) is 0.829. The first-order valence-electron chi connectivity index (χ1n) is 6.69. The standard InChI is InChI=1S/C13H22ClN5/c1-17(2)5-6-18-7-9-19(10-8-18)13-4-3-12(11-14)15-16-13/h3-4H,5-11H2,1-2H3. The summed E-state index contributed by atoms with van der Waals surface area (Å²) in [6.45, 7) is 6.46. The van der Waals surface area contributed by atoms with Crippen LogP contribution in [0.25, 0.3) is 0 Å². The lowest BCUT2D eigenvalue weighted by Crippen LogP contribution is -2.48. The number of rotatable bonds is 5. The number of anilines is 1. The fraction of sp³-hybridized carbons (Fsp3) is 0.692. The van der Waals surface area contributed by atoms with Crippen LogP contribution in [-0.2, 0) is 5.88 Å². The second-order valence-electron chi connectivity index (χ2n) is 5.15. The topological polar surface area (TPSA) is 35.5 Å². The number of piperazine rings is 1. The third-order valence-electron chi connectivity index (χ3n) is 3.40. The Morgan fingerprint density at radius 3 is 2.42 bits per heavy atom. The Hall–Kier alpha value is -0.910. The number of likely N-dealkylation sites (N-methyl/N-ethyl adjacent to an activating group) is 1. The van der Waals surface area contributed by atoms with Gasteiger partial charge in [-0.1, -0.05) is 0 Å². The predicted octanol–water partition coefficient (Wildman–Crippen LogP) is 0.899. The van der Waals surface area contributed by atoms with Gasteiger partial charge in [0.25, 0.3) is 0 Å². The molecule has 1 aromatic rings. The summed E-state index contributed by atoms with van der Waals surface area (Å²) >= 11 is 5.72. The van der Waals surface area contributed by atoms with Gasteiger partial charge in [-0.2, -0.15) is 5.10 Å². The van der Waals surface area contributed by atoms with Gasteiger partial charge in [0.15, 0.2) is 5.82 Å². The number of aromatic nitrogens is 2. The highest BCUT2D eigenvalue weighted by Gasteiger charge is 2.17. The zero-order valence-electron chi connectivity index (χ0n) is 11.7. The van der Waals surface area contributed by atoms with Crippen molar-refractivity contribution in [3.8, 4) is 0 Å². The monoisotopic (exact) mass is 283 g/mol. The third-order valence-corrected chi connectivity index (χ3v) is 3.68. The molecular formula is C13H22ClN5. The first-order chi connectivity index (χ1) is 9.19. The van der Waals surface area contributed by atoms with E-state index in [0.29, 0.717) is 5.88 Å². The zero-order chi connectivity index (χ0) is 13.7. The Morgan fingerprint density at radius 1 is 1.16 bits per heavy atom. The lowest BCUT2D eigenvalue weighted by atomic mass is 10.3. The predicted molar refractivity (Wildman–Crippen MR) is 78.8 cm³/mol. The average Bonchev–Trinajstić information content (AvgIpc) is 2.46. The van der Waals surface area contributed by atoms with Crippen molar-refractivity contribution in [2.24, 2.45) is 0 Å². The van der Waals surface area contributed by atoms with Crippen LogP contribution in [0.15, 0.2) is 12.1 Å². The van der Waals surface area contributed by atoms with E-state index in [1.807, 2.05) is 12.1 Å². The molecule has 106 valence electrons. The average molecular weight is 284 g/mol. The van der Waals surface area contributed by atoms with E-state index in [0.717, 1.165) is 50.8 Å². The van der Waals surface area contributed by atoms with E-state index < -0.39 is 0 Å². The van der Waals surface area contributed by atoms with Crippen LogP contribution >= 0.6 is 11.6 Å². The summed E-state index contributed by atoms with van der Waals surface area (Å²) in [5, 5.41) is 8.34. The molecule has 5 nitrogen and oxygen atoms in total. The van der Waals surface area contributed by atoms with Crippen LogP contribution in [0.5, 0.6) is 0 Å². The van der Waals surface area contributed by atoms with E-state index in [9.17, 15) is 0 Å². The highest BCUT2D eigenvalue weighted by molar-refractivity contribution is 6.16. The molecule has 0 bridgehead atoms. The molecule has 0 unspecified atom stereocenters. The molecule has 1 fully saturated rings. The lowest BCUT2D eigenvalue weighted by molar-refractivity contribution is 0.229. The first-order valence-corrected chi connectivity index (χ1v) is 7.23. The number of alkyl halides is 1. The largest absolute Gasteiger partial charge is 0.353 e. The molecule has 0 radical (unpaired) electrons. The number of nitrogens with zero attached hydrogens (tertiary/aromatic N) is 5. The molecule has 1 aliphatic heterocycles. The SMILES string of the molecule is CN(C)CCN1CCN(c2ccc(CCl)nn2)CC1. The van der Waals surface area contributed by atoms with Gasteiger partial charge in [0, 0.05) is 39.3 Å². The van der Waals surface area contributed by atoms with Crippen molar-refractivity contribution in [2.75, 3.05) is 58.3 Å². The van der Waals surface area contributed by atoms with Gasteiger partial charge in [0.05, 0.1) is 11.6 Å². The smallest absolute Gasteiger partial charge is 0.151 e. The van der Waals surface area contributed by atoms with Crippen molar-refractivity contribution in [1.29, 1.82) is 0 Å². The third kappa shape index (κ3) is 4.30. The minimum atomic E-state index is 0.422. The van der Waals surface area contributed by atoms with Gasteiger partial charge in [0.1, 0.15) is 0 Å². The van der Waals surface area contributed by atoms with Gasteiger partial charge in [-0.05, 0) is 26.2 Å². The van der Waals surface area contributed by atoms with Crippen LogP contribution in [0.3, 0.4) is 0 Å². The van der Waals surface area contributed by atoms with Crippen LogP contribution in [-0.4, -0.2) is 73.4 Å². The van der Waals surface area contributed by atoms with Gasteiger partial charge in [-0.25, -0.2) is 0 Å².